The summed E-state index contributed by atoms with van der Waals surface area (Å²) in [6.07, 6.45) is 8.01. The molecule has 0 fully saturated rings. The fraction of sp³-hybridized carbons (Fsp3) is 0.250. The first-order chi connectivity index (χ1) is 9.86. The van der Waals surface area contributed by atoms with Gasteiger partial charge in [0.1, 0.15) is 0 Å². The van der Waals surface area contributed by atoms with Crippen LogP contribution in [0.4, 0.5) is 11.6 Å². The third kappa shape index (κ3) is 2.64. The van der Waals surface area contributed by atoms with Gasteiger partial charge in [-0.05, 0) is 18.6 Å². The second-order valence-electron chi connectivity index (χ2n) is 4.84. The normalized spacial score (nSPS) is 10.8. The number of benzene rings is 1. The van der Waals surface area contributed by atoms with Gasteiger partial charge in [0.05, 0.1) is 17.4 Å². The van der Waals surface area contributed by atoms with Crippen molar-refractivity contribution in [2.75, 3.05) is 5.32 Å². The van der Waals surface area contributed by atoms with Crippen LogP contribution in [-0.4, -0.2) is 14.5 Å². The Balaban J connectivity index is 1.84. The zero-order chi connectivity index (χ0) is 13.8. The first-order valence-corrected chi connectivity index (χ1v) is 7.00. The molecule has 0 bridgehead atoms. The number of para-hydroxylation sites is 1. The number of hydrogen-bond acceptors (Lipinski definition) is 3. The topological polar surface area (TPSA) is 42.7 Å². The quantitative estimate of drug-likeness (QED) is 0.759. The molecule has 20 heavy (non-hydrogen) atoms. The molecule has 0 amide bonds. The molecule has 4 nitrogen and oxygen atoms in total. The molecule has 0 aliphatic heterocycles. The Bertz CT molecular complexity index is 702. The molecule has 0 spiro atoms. The van der Waals surface area contributed by atoms with Gasteiger partial charge in [0.15, 0.2) is 0 Å². The van der Waals surface area contributed by atoms with E-state index < -0.39 is 0 Å². The number of imidazole rings is 1. The zero-order valence-corrected chi connectivity index (χ0v) is 11.6. The van der Waals surface area contributed by atoms with E-state index in [4.69, 9.17) is 0 Å². The van der Waals surface area contributed by atoms with Gasteiger partial charge in [0, 0.05) is 24.3 Å². The Labute approximate surface area is 118 Å². The molecule has 2 aromatic heterocycles. The van der Waals surface area contributed by atoms with Gasteiger partial charge >= 0.3 is 0 Å². The number of unbranched alkanes of at least 4 members (excludes halogenated alkanes) is 1. The Morgan fingerprint density at radius 2 is 2.10 bits per heavy atom. The summed E-state index contributed by atoms with van der Waals surface area (Å²) in [5.41, 5.74) is 1.97. The van der Waals surface area contributed by atoms with E-state index in [-0.39, 0.29) is 0 Å². The first-order valence-electron chi connectivity index (χ1n) is 7.00. The molecule has 3 rings (SSSR count). The molecule has 1 N–H and O–H groups in total. The van der Waals surface area contributed by atoms with E-state index in [2.05, 4.69) is 38.9 Å². The highest BCUT2D eigenvalue weighted by Crippen LogP contribution is 2.19. The maximum Gasteiger partial charge on any atom is 0.207 e. The van der Waals surface area contributed by atoms with Crippen molar-refractivity contribution in [2.24, 2.45) is 0 Å². The van der Waals surface area contributed by atoms with Gasteiger partial charge in [0.25, 0.3) is 0 Å². The number of fused-ring (bicyclic) bond motifs is 1. The van der Waals surface area contributed by atoms with Crippen molar-refractivity contribution in [3.05, 3.63) is 48.9 Å². The molecule has 0 radical (unpaired) electrons. The molecule has 0 saturated heterocycles. The summed E-state index contributed by atoms with van der Waals surface area (Å²) >= 11 is 0. The minimum Gasteiger partial charge on any atom is -0.324 e. The minimum absolute atomic E-state index is 0.871. The second-order valence-corrected chi connectivity index (χ2v) is 4.84. The summed E-state index contributed by atoms with van der Waals surface area (Å²) in [4.78, 5) is 8.82. The molecule has 0 atom stereocenters. The van der Waals surface area contributed by atoms with Crippen molar-refractivity contribution >= 4 is 22.5 Å². The molecule has 0 unspecified atom stereocenters. The van der Waals surface area contributed by atoms with Crippen molar-refractivity contribution in [1.82, 2.24) is 14.5 Å². The lowest BCUT2D eigenvalue weighted by Crippen LogP contribution is -2.03. The highest BCUT2D eigenvalue weighted by Gasteiger charge is 2.03. The monoisotopic (exact) mass is 266 g/mol. The largest absolute Gasteiger partial charge is 0.324 e. The van der Waals surface area contributed by atoms with Crippen molar-refractivity contribution in [1.29, 1.82) is 0 Å². The van der Waals surface area contributed by atoms with Crippen molar-refractivity contribution in [3.8, 4) is 0 Å². The number of rotatable bonds is 5. The lowest BCUT2D eigenvalue weighted by atomic mass is 10.2. The van der Waals surface area contributed by atoms with Crippen molar-refractivity contribution < 1.29 is 0 Å². The van der Waals surface area contributed by atoms with Gasteiger partial charge in [-0.3, -0.25) is 4.98 Å². The fourth-order valence-corrected chi connectivity index (χ4v) is 2.21. The van der Waals surface area contributed by atoms with Gasteiger partial charge in [-0.15, -0.1) is 0 Å². The third-order valence-corrected chi connectivity index (χ3v) is 3.31. The smallest absolute Gasteiger partial charge is 0.207 e. The van der Waals surface area contributed by atoms with Crippen LogP contribution in [0.2, 0.25) is 0 Å². The summed E-state index contributed by atoms with van der Waals surface area (Å²) in [7, 11) is 0. The van der Waals surface area contributed by atoms with Crippen LogP contribution in [-0.2, 0) is 6.54 Å². The molecule has 4 heteroatoms. The van der Waals surface area contributed by atoms with Crippen LogP contribution in [0.3, 0.4) is 0 Å². The summed E-state index contributed by atoms with van der Waals surface area (Å²) < 4.78 is 2.14. The average molecular weight is 266 g/mol. The van der Waals surface area contributed by atoms with E-state index in [1.54, 1.807) is 0 Å². The Kier molecular flexibility index (Phi) is 3.63. The van der Waals surface area contributed by atoms with Crippen LogP contribution in [0.1, 0.15) is 19.8 Å². The lowest BCUT2D eigenvalue weighted by Gasteiger charge is -2.09. The second kappa shape index (κ2) is 5.74. The van der Waals surface area contributed by atoms with Crippen LogP contribution in [0.25, 0.3) is 10.9 Å². The predicted molar refractivity (Wildman–Crippen MR) is 82.2 cm³/mol. The summed E-state index contributed by atoms with van der Waals surface area (Å²) in [6.45, 7) is 3.18. The SMILES string of the molecule is CCCCn1ccnc1Nc1cnc2ccccc2c1. The Morgan fingerprint density at radius 3 is 3.00 bits per heavy atom. The molecule has 0 saturated carbocycles. The van der Waals surface area contributed by atoms with E-state index in [1.807, 2.05) is 36.8 Å². The summed E-state index contributed by atoms with van der Waals surface area (Å²) in [5, 5.41) is 4.47. The van der Waals surface area contributed by atoms with E-state index in [0.29, 0.717) is 0 Å². The van der Waals surface area contributed by atoms with E-state index in [9.17, 15) is 0 Å². The maximum absolute atomic E-state index is 4.45. The number of aryl methyl sites for hydroxylation is 1. The first kappa shape index (κ1) is 12.7. The zero-order valence-electron chi connectivity index (χ0n) is 11.6. The molecule has 1 aromatic carbocycles. The Hall–Kier alpha value is -2.36. The van der Waals surface area contributed by atoms with Gasteiger partial charge < -0.3 is 9.88 Å². The minimum atomic E-state index is 0.871. The predicted octanol–water partition coefficient (Wildman–Crippen LogP) is 3.98. The fourth-order valence-electron chi connectivity index (χ4n) is 2.21. The van der Waals surface area contributed by atoms with Gasteiger partial charge in [0.2, 0.25) is 5.95 Å². The van der Waals surface area contributed by atoms with Gasteiger partial charge in [-0.2, -0.15) is 0 Å². The molecule has 3 aromatic rings. The number of anilines is 2. The number of nitrogens with one attached hydrogen (secondary N) is 1. The third-order valence-electron chi connectivity index (χ3n) is 3.31. The molecular formula is C16H18N4. The number of nitrogens with zero attached hydrogens (tertiary/aromatic N) is 3. The standard InChI is InChI=1S/C16H18N4/c1-2-3-9-20-10-8-17-16(20)19-14-11-13-6-4-5-7-15(13)18-12-14/h4-8,10-12H,2-3,9H2,1H3,(H,17,19). The summed E-state index contributed by atoms with van der Waals surface area (Å²) in [5.74, 6) is 0.871. The van der Waals surface area contributed by atoms with Gasteiger partial charge in [-0.1, -0.05) is 31.5 Å². The van der Waals surface area contributed by atoms with Crippen LogP contribution >= 0.6 is 0 Å². The van der Waals surface area contributed by atoms with Crippen molar-refractivity contribution in [3.63, 3.8) is 0 Å². The average Bonchev–Trinajstić information content (AvgIpc) is 2.92. The van der Waals surface area contributed by atoms with Crippen LogP contribution < -0.4 is 5.32 Å². The van der Waals surface area contributed by atoms with E-state index in [0.717, 1.165) is 35.5 Å². The van der Waals surface area contributed by atoms with Crippen LogP contribution in [0.5, 0.6) is 0 Å². The number of hydrogen-bond donors (Lipinski definition) is 1. The highest BCUT2D eigenvalue weighted by molar-refractivity contribution is 5.82. The highest BCUT2D eigenvalue weighted by atomic mass is 15.2. The molecule has 0 aliphatic rings. The molecular weight excluding hydrogens is 248 g/mol. The van der Waals surface area contributed by atoms with Crippen molar-refractivity contribution in [2.45, 2.75) is 26.3 Å². The lowest BCUT2D eigenvalue weighted by molar-refractivity contribution is 0.638. The van der Waals surface area contributed by atoms with Gasteiger partial charge in [-0.25, -0.2) is 4.98 Å². The molecule has 2 heterocycles. The van der Waals surface area contributed by atoms with E-state index >= 15 is 0 Å². The molecule has 0 aliphatic carbocycles. The number of pyridine rings is 1. The Morgan fingerprint density at radius 1 is 1.20 bits per heavy atom. The number of aromatic nitrogens is 3. The van der Waals surface area contributed by atoms with Crippen LogP contribution in [0.15, 0.2) is 48.9 Å². The maximum atomic E-state index is 4.45. The van der Waals surface area contributed by atoms with Crippen LogP contribution in [0, 0.1) is 0 Å². The van der Waals surface area contributed by atoms with E-state index in [1.165, 1.54) is 6.42 Å². The molecule has 102 valence electrons. The summed E-state index contributed by atoms with van der Waals surface area (Å²) in [6, 6.07) is 10.2.